The van der Waals surface area contributed by atoms with Gasteiger partial charge in [0, 0.05) is 24.3 Å². The van der Waals surface area contributed by atoms with Crippen molar-refractivity contribution in [2.75, 3.05) is 11.4 Å². The molecule has 1 saturated heterocycles. The Labute approximate surface area is 109 Å². The average Bonchev–Trinajstić information content (AvgIpc) is 2.94. The molecule has 1 N–H and O–H groups in total. The van der Waals surface area contributed by atoms with Crippen molar-refractivity contribution in [1.29, 1.82) is 0 Å². The van der Waals surface area contributed by atoms with Crippen LogP contribution in [-0.2, 0) is 4.79 Å². The average molecular weight is 261 g/mol. The molecule has 2 atom stereocenters. The van der Waals surface area contributed by atoms with Crippen LogP contribution in [0, 0.1) is 12.8 Å². The van der Waals surface area contributed by atoms with E-state index < -0.39 is 5.97 Å². The van der Waals surface area contributed by atoms with Crippen LogP contribution in [0.2, 0.25) is 0 Å². The first-order chi connectivity index (χ1) is 9.08. The maximum atomic E-state index is 11.2. The molecule has 1 fully saturated rings. The van der Waals surface area contributed by atoms with Gasteiger partial charge in [0.05, 0.1) is 5.92 Å². The van der Waals surface area contributed by atoms with Gasteiger partial charge < -0.3 is 10.0 Å². The van der Waals surface area contributed by atoms with E-state index in [1.54, 1.807) is 4.52 Å². The Morgan fingerprint density at radius 2 is 2.32 bits per heavy atom. The molecule has 7 nitrogen and oxygen atoms in total. The van der Waals surface area contributed by atoms with Gasteiger partial charge in [-0.1, -0.05) is 0 Å². The minimum atomic E-state index is -0.740. The molecule has 3 heterocycles. The van der Waals surface area contributed by atoms with E-state index in [9.17, 15) is 9.90 Å². The molecule has 0 aromatic carbocycles. The number of rotatable bonds is 2. The van der Waals surface area contributed by atoms with E-state index in [0.717, 1.165) is 11.5 Å². The predicted molar refractivity (Wildman–Crippen MR) is 68.1 cm³/mol. The van der Waals surface area contributed by atoms with Crippen molar-refractivity contribution in [3.8, 4) is 0 Å². The summed E-state index contributed by atoms with van der Waals surface area (Å²) in [7, 11) is 0. The highest BCUT2D eigenvalue weighted by atomic mass is 16.4. The summed E-state index contributed by atoms with van der Waals surface area (Å²) in [4.78, 5) is 21.6. The highest BCUT2D eigenvalue weighted by Gasteiger charge is 2.36. The molecule has 2 aromatic rings. The van der Waals surface area contributed by atoms with Crippen molar-refractivity contribution in [2.24, 2.45) is 5.92 Å². The van der Waals surface area contributed by atoms with E-state index in [0.29, 0.717) is 18.7 Å². The molecule has 7 heteroatoms. The molecule has 2 aromatic heterocycles. The Kier molecular flexibility index (Phi) is 2.62. The van der Waals surface area contributed by atoms with E-state index in [2.05, 4.69) is 20.0 Å². The molecule has 100 valence electrons. The third kappa shape index (κ3) is 1.81. The fourth-order valence-corrected chi connectivity index (χ4v) is 2.71. The Bertz CT molecular complexity index is 638. The summed E-state index contributed by atoms with van der Waals surface area (Å²) in [5.74, 6) is 0.319. The lowest BCUT2D eigenvalue weighted by atomic mass is 10.0. The number of aryl methyl sites for hydroxylation is 1. The normalized spacial score (nSPS) is 23.2. The molecule has 0 radical (unpaired) electrons. The quantitative estimate of drug-likeness (QED) is 0.858. The van der Waals surface area contributed by atoms with Crippen LogP contribution >= 0.6 is 0 Å². The highest BCUT2D eigenvalue weighted by Crippen LogP contribution is 2.29. The van der Waals surface area contributed by atoms with E-state index >= 15 is 0 Å². The van der Waals surface area contributed by atoms with Crippen LogP contribution in [0.1, 0.15) is 19.0 Å². The second-order valence-corrected chi connectivity index (χ2v) is 4.89. The molecule has 1 aliphatic rings. The monoisotopic (exact) mass is 261 g/mol. The van der Waals surface area contributed by atoms with Crippen LogP contribution in [0.15, 0.2) is 12.4 Å². The largest absolute Gasteiger partial charge is 0.481 e. The third-order valence-corrected chi connectivity index (χ3v) is 3.73. The number of carboxylic acids is 1. The number of carbonyl (C=O) groups is 1. The molecule has 0 saturated carbocycles. The number of aliphatic carboxylic acids is 1. The van der Waals surface area contributed by atoms with Gasteiger partial charge in [-0.3, -0.25) is 4.79 Å². The van der Waals surface area contributed by atoms with Gasteiger partial charge in [-0.2, -0.15) is 14.6 Å². The van der Waals surface area contributed by atoms with Crippen molar-refractivity contribution in [1.82, 2.24) is 19.6 Å². The van der Waals surface area contributed by atoms with Gasteiger partial charge in [-0.25, -0.2) is 4.98 Å². The topological polar surface area (TPSA) is 83.6 Å². The summed E-state index contributed by atoms with van der Waals surface area (Å²) in [6.07, 6.45) is 2.11. The van der Waals surface area contributed by atoms with Gasteiger partial charge in [0.15, 0.2) is 0 Å². The number of hydrogen-bond acceptors (Lipinski definition) is 5. The van der Waals surface area contributed by atoms with Crippen LogP contribution in [0.5, 0.6) is 0 Å². The summed E-state index contributed by atoms with van der Waals surface area (Å²) in [6.45, 7) is 4.54. The minimum Gasteiger partial charge on any atom is -0.481 e. The number of anilines is 1. The van der Waals surface area contributed by atoms with Crippen LogP contribution < -0.4 is 4.90 Å². The van der Waals surface area contributed by atoms with Crippen molar-refractivity contribution < 1.29 is 9.90 Å². The molecular formula is C12H15N5O2. The molecule has 0 bridgehead atoms. The van der Waals surface area contributed by atoms with E-state index in [-0.39, 0.29) is 12.0 Å². The molecular weight excluding hydrogens is 246 g/mol. The SMILES string of the molecule is Cc1cc(N2CCC(C(=O)O)C2C)n2ncnc2n1. The molecule has 19 heavy (non-hydrogen) atoms. The van der Waals surface area contributed by atoms with Crippen LogP contribution in [0.25, 0.3) is 5.78 Å². The van der Waals surface area contributed by atoms with Gasteiger partial charge in [-0.15, -0.1) is 0 Å². The minimum absolute atomic E-state index is 0.0632. The number of aromatic nitrogens is 4. The lowest BCUT2D eigenvalue weighted by Gasteiger charge is -2.25. The summed E-state index contributed by atoms with van der Waals surface area (Å²) < 4.78 is 1.66. The van der Waals surface area contributed by atoms with Crippen molar-refractivity contribution in [3.05, 3.63) is 18.1 Å². The van der Waals surface area contributed by atoms with Crippen molar-refractivity contribution in [2.45, 2.75) is 26.3 Å². The van der Waals surface area contributed by atoms with Crippen molar-refractivity contribution >= 4 is 17.6 Å². The van der Waals surface area contributed by atoms with Crippen LogP contribution in [0.4, 0.5) is 5.82 Å². The Hall–Kier alpha value is -2.18. The number of nitrogens with zero attached hydrogens (tertiary/aromatic N) is 5. The van der Waals surface area contributed by atoms with Gasteiger partial charge in [-0.05, 0) is 20.3 Å². The summed E-state index contributed by atoms with van der Waals surface area (Å²) >= 11 is 0. The highest BCUT2D eigenvalue weighted by molar-refractivity contribution is 5.73. The smallest absolute Gasteiger partial charge is 0.308 e. The third-order valence-electron chi connectivity index (χ3n) is 3.73. The first-order valence-corrected chi connectivity index (χ1v) is 6.25. The summed E-state index contributed by atoms with van der Waals surface area (Å²) in [5.41, 5.74) is 0.849. The van der Waals surface area contributed by atoms with Crippen LogP contribution in [0.3, 0.4) is 0 Å². The molecule has 0 amide bonds. The number of fused-ring (bicyclic) bond motifs is 1. The summed E-state index contributed by atoms with van der Waals surface area (Å²) in [5, 5.41) is 13.4. The lowest BCUT2D eigenvalue weighted by Crippen LogP contribution is -2.34. The van der Waals surface area contributed by atoms with Gasteiger partial charge in [0.2, 0.25) is 0 Å². The number of hydrogen-bond donors (Lipinski definition) is 1. The maximum Gasteiger partial charge on any atom is 0.308 e. The van der Waals surface area contributed by atoms with Crippen LogP contribution in [-0.4, -0.2) is 43.2 Å². The molecule has 2 unspecified atom stereocenters. The first-order valence-electron chi connectivity index (χ1n) is 6.25. The number of carboxylic acid groups (broad SMARTS) is 1. The second-order valence-electron chi connectivity index (χ2n) is 4.89. The Morgan fingerprint density at radius 1 is 1.53 bits per heavy atom. The lowest BCUT2D eigenvalue weighted by molar-refractivity contribution is -0.141. The second kappa shape index (κ2) is 4.18. The Balaban J connectivity index is 2.05. The maximum absolute atomic E-state index is 11.2. The van der Waals surface area contributed by atoms with E-state index in [1.165, 1.54) is 6.33 Å². The fourth-order valence-electron chi connectivity index (χ4n) is 2.71. The van der Waals surface area contributed by atoms with Gasteiger partial charge >= 0.3 is 5.97 Å². The summed E-state index contributed by atoms with van der Waals surface area (Å²) in [6, 6.07) is 1.86. The van der Waals surface area contributed by atoms with Crippen molar-refractivity contribution in [3.63, 3.8) is 0 Å². The van der Waals surface area contributed by atoms with Gasteiger partial charge in [0.1, 0.15) is 12.1 Å². The first kappa shape index (κ1) is 11.9. The fraction of sp³-hybridized carbons (Fsp3) is 0.500. The molecule has 0 spiro atoms. The predicted octanol–water partition coefficient (Wildman–Crippen LogP) is 0.732. The van der Waals surface area contributed by atoms with Gasteiger partial charge in [0.25, 0.3) is 5.78 Å². The zero-order valence-corrected chi connectivity index (χ0v) is 10.8. The molecule has 1 aliphatic heterocycles. The molecule has 3 rings (SSSR count). The zero-order valence-electron chi connectivity index (χ0n) is 10.8. The molecule has 0 aliphatic carbocycles. The standard InChI is InChI=1S/C12H15N5O2/c1-7-5-10(17-12(15-7)13-6-14-17)16-4-3-9(8(16)2)11(18)19/h5-6,8-9H,3-4H2,1-2H3,(H,18,19). The van der Waals surface area contributed by atoms with E-state index in [1.807, 2.05) is 19.9 Å². The Morgan fingerprint density at radius 3 is 3.00 bits per heavy atom. The van der Waals surface area contributed by atoms with E-state index in [4.69, 9.17) is 0 Å². The zero-order chi connectivity index (χ0) is 13.6.